The molecule has 4 heteroatoms. The van der Waals surface area contributed by atoms with Crippen molar-refractivity contribution in [2.75, 3.05) is 11.9 Å². The van der Waals surface area contributed by atoms with Crippen LogP contribution < -0.4 is 4.90 Å². The number of anilines is 1. The van der Waals surface area contributed by atoms with Gasteiger partial charge in [0.25, 0.3) is 5.91 Å². The Labute approximate surface area is 94.5 Å². The van der Waals surface area contributed by atoms with Crippen molar-refractivity contribution in [3.63, 3.8) is 0 Å². The molecule has 1 saturated heterocycles. The number of amides is 3. The summed E-state index contributed by atoms with van der Waals surface area (Å²) in [6.45, 7) is 3.66. The highest BCUT2D eigenvalue weighted by Gasteiger charge is 2.40. The third kappa shape index (κ3) is 1.46. The van der Waals surface area contributed by atoms with Crippen LogP contribution in [-0.2, 0) is 4.79 Å². The fraction of sp³-hybridized carbons (Fsp3) is 0.333. The lowest BCUT2D eigenvalue weighted by Gasteiger charge is -2.14. The molecule has 0 saturated carbocycles. The Morgan fingerprint density at radius 1 is 1.25 bits per heavy atom. The van der Waals surface area contributed by atoms with Gasteiger partial charge in [0.2, 0.25) is 0 Å². The van der Waals surface area contributed by atoms with Crippen LogP contribution in [0.4, 0.5) is 10.5 Å². The summed E-state index contributed by atoms with van der Waals surface area (Å²) in [7, 11) is 1.64. The van der Waals surface area contributed by atoms with Gasteiger partial charge in [0.1, 0.15) is 6.04 Å². The molecule has 1 aliphatic heterocycles. The molecule has 0 spiro atoms. The number of hydrogen-bond acceptors (Lipinski definition) is 2. The molecule has 1 atom stereocenters. The Hall–Kier alpha value is -1.84. The normalized spacial score (nSPS) is 20.8. The van der Waals surface area contributed by atoms with Gasteiger partial charge >= 0.3 is 6.03 Å². The maximum Gasteiger partial charge on any atom is 0.331 e. The van der Waals surface area contributed by atoms with E-state index in [1.807, 2.05) is 25.1 Å². The number of carbonyl (C=O) groups excluding carboxylic acids is 2. The SMILES string of the molecule is Cc1cccc(N2C(=O)C(C)N(C)C2=O)c1. The molecule has 4 nitrogen and oxygen atoms in total. The molecule has 1 fully saturated rings. The van der Waals surface area contributed by atoms with Crippen LogP contribution in [0.3, 0.4) is 0 Å². The summed E-state index contributed by atoms with van der Waals surface area (Å²) in [5, 5.41) is 0. The average molecular weight is 218 g/mol. The number of imide groups is 1. The summed E-state index contributed by atoms with van der Waals surface area (Å²) in [5.41, 5.74) is 1.67. The van der Waals surface area contributed by atoms with Crippen LogP contribution in [0.2, 0.25) is 0 Å². The van der Waals surface area contributed by atoms with E-state index in [1.54, 1.807) is 20.0 Å². The summed E-state index contributed by atoms with van der Waals surface area (Å²) >= 11 is 0. The predicted octanol–water partition coefficient (Wildman–Crippen LogP) is 1.78. The van der Waals surface area contributed by atoms with E-state index >= 15 is 0 Å². The van der Waals surface area contributed by atoms with Crippen LogP contribution >= 0.6 is 0 Å². The lowest BCUT2D eigenvalue weighted by Crippen LogP contribution is -2.31. The van der Waals surface area contributed by atoms with Gasteiger partial charge in [0.15, 0.2) is 0 Å². The molecular weight excluding hydrogens is 204 g/mol. The van der Waals surface area contributed by atoms with Crippen molar-refractivity contribution in [2.45, 2.75) is 19.9 Å². The fourth-order valence-corrected chi connectivity index (χ4v) is 1.77. The van der Waals surface area contributed by atoms with E-state index in [0.717, 1.165) is 5.56 Å². The quantitative estimate of drug-likeness (QED) is 0.674. The molecule has 0 aliphatic carbocycles. The second-order valence-electron chi connectivity index (χ2n) is 4.08. The van der Waals surface area contributed by atoms with Crippen LogP contribution in [0.15, 0.2) is 24.3 Å². The van der Waals surface area contributed by atoms with Gasteiger partial charge in [-0.05, 0) is 31.5 Å². The largest absolute Gasteiger partial charge is 0.331 e. The smallest absolute Gasteiger partial charge is 0.315 e. The van der Waals surface area contributed by atoms with Crippen molar-refractivity contribution in [3.05, 3.63) is 29.8 Å². The van der Waals surface area contributed by atoms with E-state index in [9.17, 15) is 9.59 Å². The zero-order chi connectivity index (χ0) is 11.9. The minimum absolute atomic E-state index is 0.168. The van der Waals surface area contributed by atoms with Crippen molar-refractivity contribution in [1.29, 1.82) is 0 Å². The molecule has 0 bridgehead atoms. The van der Waals surface area contributed by atoms with Crippen LogP contribution in [0.1, 0.15) is 12.5 Å². The molecule has 0 aromatic heterocycles. The number of likely N-dealkylation sites (N-methyl/N-ethyl adjacent to an activating group) is 1. The Morgan fingerprint density at radius 2 is 1.94 bits per heavy atom. The standard InChI is InChI=1S/C12H14N2O2/c1-8-5-4-6-10(7-8)14-11(15)9(2)13(3)12(14)16/h4-7,9H,1-3H3. The fourth-order valence-electron chi connectivity index (χ4n) is 1.77. The summed E-state index contributed by atoms with van der Waals surface area (Å²) in [6.07, 6.45) is 0. The molecule has 2 rings (SSSR count). The lowest BCUT2D eigenvalue weighted by atomic mass is 10.2. The molecule has 1 aromatic carbocycles. The highest BCUT2D eigenvalue weighted by molar-refractivity contribution is 6.21. The molecule has 3 amide bonds. The highest BCUT2D eigenvalue weighted by atomic mass is 16.2. The van der Waals surface area contributed by atoms with Crippen LogP contribution in [0, 0.1) is 6.92 Å². The van der Waals surface area contributed by atoms with E-state index in [4.69, 9.17) is 0 Å². The first-order chi connectivity index (χ1) is 7.52. The molecule has 0 radical (unpaired) electrons. The van der Waals surface area contributed by atoms with Crippen LogP contribution in [-0.4, -0.2) is 29.9 Å². The minimum atomic E-state index is -0.381. The second-order valence-corrected chi connectivity index (χ2v) is 4.08. The van der Waals surface area contributed by atoms with Crippen molar-refractivity contribution in [1.82, 2.24) is 4.90 Å². The van der Waals surface area contributed by atoms with Crippen molar-refractivity contribution in [3.8, 4) is 0 Å². The third-order valence-electron chi connectivity index (χ3n) is 2.91. The van der Waals surface area contributed by atoms with Gasteiger partial charge in [-0.15, -0.1) is 0 Å². The molecule has 0 N–H and O–H groups in total. The number of carbonyl (C=O) groups is 2. The Kier molecular flexibility index (Phi) is 2.42. The summed E-state index contributed by atoms with van der Waals surface area (Å²) in [5.74, 6) is -0.168. The summed E-state index contributed by atoms with van der Waals surface area (Å²) < 4.78 is 0. The average Bonchev–Trinajstić information content (AvgIpc) is 2.44. The molecule has 16 heavy (non-hydrogen) atoms. The van der Waals surface area contributed by atoms with Crippen molar-refractivity contribution >= 4 is 17.6 Å². The topological polar surface area (TPSA) is 40.6 Å². The first-order valence-electron chi connectivity index (χ1n) is 5.20. The number of nitrogens with zero attached hydrogens (tertiary/aromatic N) is 2. The monoisotopic (exact) mass is 218 g/mol. The minimum Gasteiger partial charge on any atom is -0.315 e. The summed E-state index contributed by atoms with van der Waals surface area (Å²) in [6, 6.07) is 6.74. The summed E-state index contributed by atoms with van der Waals surface area (Å²) in [4.78, 5) is 26.5. The highest BCUT2D eigenvalue weighted by Crippen LogP contribution is 2.24. The van der Waals surface area contributed by atoms with E-state index < -0.39 is 0 Å². The van der Waals surface area contributed by atoms with Crippen LogP contribution in [0.25, 0.3) is 0 Å². The molecule has 1 aliphatic rings. The molecule has 1 unspecified atom stereocenters. The Morgan fingerprint density at radius 3 is 2.44 bits per heavy atom. The number of rotatable bonds is 1. The third-order valence-corrected chi connectivity index (χ3v) is 2.91. The second kappa shape index (κ2) is 3.63. The number of hydrogen-bond donors (Lipinski definition) is 0. The van der Waals surface area contributed by atoms with Gasteiger partial charge in [0, 0.05) is 7.05 Å². The number of aryl methyl sites for hydroxylation is 1. The van der Waals surface area contributed by atoms with E-state index in [-0.39, 0.29) is 18.0 Å². The Balaban J connectivity index is 2.42. The zero-order valence-corrected chi connectivity index (χ0v) is 9.60. The molecule has 1 heterocycles. The van der Waals surface area contributed by atoms with Gasteiger partial charge in [0.05, 0.1) is 5.69 Å². The van der Waals surface area contributed by atoms with Gasteiger partial charge in [-0.3, -0.25) is 4.79 Å². The Bertz CT molecular complexity index is 436. The first kappa shape index (κ1) is 10.7. The number of urea groups is 1. The van der Waals surface area contributed by atoms with E-state index in [2.05, 4.69) is 0 Å². The van der Waals surface area contributed by atoms with E-state index in [0.29, 0.717) is 5.69 Å². The lowest BCUT2D eigenvalue weighted by molar-refractivity contribution is -0.119. The predicted molar refractivity (Wildman–Crippen MR) is 61.3 cm³/mol. The zero-order valence-electron chi connectivity index (χ0n) is 9.60. The molecule has 1 aromatic rings. The molecular formula is C12H14N2O2. The molecule has 84 valence electrons. The maximum absolute atomic E-state index is 11.9. The first-order valence-corrected chi connectivity index (χ1v) is 5.20. The van der Waals surface area contributed by atoms with Crippen molar-refractivity contribution < 1.29 is 9.59 Å². The number of benzene rings is 1. The van der Waals surface area contributed by atoms with Gasteiger partial charge < -0.3 is 4.90 Å². The van der Waals surface area contributed by atoms with Crippen LogP contribution in [0.5, 0.6) is 0 Å². The maximum atomic E-state index is 11.9. The van der Waals surface area contributed by atoms with Gasteiger partial charge in [-0.25, -0.2) is 9.69 Å². The van der Waals surface area contributed by atoms with Gasteiger partial charge in [-0.2, -0.15) is 0 Å². The van der Waals surface area contributed by atoms with Gasteiger partial charge in [-0.1, -0.05) is 12.1 Å². The van der Waals surface area contributed by atoms with E-state index in [1.165, 1.54) is 9.80 Å². The van der Waals surface area contributed by atoms with Crippen molar-refractivity contribution in [2.24, 2.45) is 0 Å².